The molecule has 5 aromatic carbocycles. The van der Waals surface area contributed by atoms with Crippen LogP contribution in [-0.4, -0.2) is 0 Å². The van der Waals surface area contributed by atoms with E-state index >= 15 is 0 Å². The average Bonchev–Trinajstić information content (AvgIpc) is 2.85. The molecule has 4 heteroatoms. The van der Waals surface area contributed by atoms with Crippen molar-refractivity contribution in [1.29, 1.82) is 0 Å². The summed E-state index contributed by atoms with van der Waals surface area (Å²) in [5.41, 5.74) is 35.7. The molecule has 0 aromatic heterocycles. The maximum absolute atomic E-state index is 6.16. The van der Waals surface area contributed by atoms with E-state index < -0.39 is 0 Å². The van der Waals surface area contributed by atoms with Crippen LogP contribution < -0.4 is 22.9 Å². The van der Waals surface area contributed by atoms with Crippen LogP contribution in [0.1, 0.15) is 0 Å². The van der Waals surface area contributed by atoms with E-state index in [1.54, 1.807) is 0 Å². The Morgan fingerprint density at radius 1 is 0.265 bits per heavy atom. The van der Waals surface area contributed by atoms with Crippen LogP contribution in [0.5, 0.6) is 0 Å². The van der Waals surface area contributed by atoms with E-state index in [0.717, 1.165) is 67.3 Å². The van der Waals surface area contributed by atoms with Gasteiger partial charge in [-0.1, -0.05) is 60.7 Å². The van der Waals surface area contributed by atoms with Gasteiger partial charge in [-0.25, -0.2) is 0 Å². The van der Waals surface area contributed by atoms with Gasteiger partial charge in [0.1, 0.15) is 0 Å². The first-order chi connectivity index (χ1) is 16.5. The van der Waals surface area contributed by atoms with Gasteiger partial charge in [0.05, 0.1) is 0 Å². The highest BCUT2D eigenvalue weighted by atomic mass is 14.6. The van der Waals surface area contributed by atoms with Gasteiger partial charge in [-0.2, -0.15) is 0 Å². The molecular formula is C30H26N4. The predicted molar refractivity (Wildman–Crippen MR) is 146 cm³/mol. The number of hydrogen-bond donors (Lipinski definition) is 4. The van der Waals surface area contributed by atoms with Crippen molar-refractivity contribution in [1.82, 2.24) is 0 Å². The minimum absolute atomic E-state index is 0.722. The first-order valence-corrected chi connectivity index (χ1v) is 11.1. The second-order valence-electron chi connectivity index (χ2n) is 8.43. The second kappa shape index (κ2) is 8.68. The van der Waals surface area contributed by atoms with Crippen LogP contribution in [0, 0.1) is 0 Å². The summed E-state index contributed by atoms with van der Waals surface area (Å²) in [6.07, 6.45) is 0. The lowest BCUT2D eigenvalue weighted by atomic mass is 9.90. The van der Waals surface area contributed by atoms with E-state index in [9.17, 15) is 0 Å². The molecule has 0 bridgehead atoms. The Bertz CT molecular complexity index is 1340. The third kappa shape index (κ3) is 4.17. The summed E-state index contributed by atoms with van der Waals surface area (Å²) in [6, 6.07) is 36.3. The molecule has 34 heavy (non-hydrogen) atoms. The van der Waals surface area contributed by atoms with Crippen molar-refractivity contribution in [2.75, 3.05) is 22.9 Å². The van der Waals surface area contributed by atoms with Crippen molar-refractivity contribution in [3.8, 4) is 44.5 Å². The topological polar surface area (TPSA) is 104 Å². The predicted octanol–water partition coefficient (Wildman–Crippen LogP) is 6.68. The van der Waals surface area contributed by atoms with Crippen LogP contribution in [0.25, 0.3) is 44.5 Å². The Hall–Kier alpha value is -4.70. The molecule has 0 radical (unpaired) electrons. The van der Waals surface area contributed by atoms with E-state index in [1.165, 1.54) is 0 Å². The van der Waals surface area contributed by atoms with Crippen LogP contribution in [0.3, 0.4) is 0 Å². The molecule has 0 amide bonds. The van der Waals surface area contributed by atoms with E-state index in [-0.39, 0.29) is 0 Å². The van der Waals surface area contributed by atoms with Crippen LogP contribution in [0.15, 0.2) is 109 Å². The summed E-state index contributed by atoms with van der Waals surface area (Å²) < 4.78 is 0. The molecule has 0 aliphatic heterocycles. The molecule has 8 N–H and O–H groups in total. The molecule has 0 atom stereocenters. The van der Waals surface area contributed by atoms with Crippen LogP contribution in [-0.2, 0) is 0 Å². The Morgan fingerprint density at radius 2 is 0.529 bits per heavy atom. The molecule has 0 saturated carbocycles. The summed E-state index contributed by atoms with van der Waals surface area (Å²) in [6.45, 7) is 0. The van der Waals surface area contributed by atoms with E-state index in [2.05, 4.69) is 36.4 Å². The van der Waals surface area contributed by atoms with Gasteiger partial charge in [0, 0.05) is 22.7 Å². The molecule has 0 unspecified atom stereocenters. The highest BCUT2D eigenvalue weighted by Gasteiger charge is 2.11. The van der Waals surface area contributed by atoms with Gasteiger partial charge in [-0.3, -0.25) is 0 Å². The quantitative estimate of drug-likeness (QED) is 0.233. The van der Waals surface area contributed by atoms with Gasteiger partial charge in [0.25, 0.3) is 0 Å². The Morgan fingerprint density at radius 3 is 0.882 bits per heavy atom. The molecule has 0 aliphatic carbocycles. The van der Waals surface area contributed by atoms with Gasteiger partial charge >= 0.3 is 0 Å². The molecule has 0 heterocycles. The fourth-order valence-electron chi connectivity index (χ4n) is 4.26. The minimum atomic E-state index is 0.722. The first-order valence-electron chi connectivity index (χ1n) is 11.1. The van der Waals surface area contributed by atoms with Crippen LogP contribution in [0.2, 0.25) is 0 Å². The lowest BCUT2D eigenvalue weighted by Gasteiger charge is -2.14. The number of hydrogen-bond acceptors (Lipinski definition) is 4. The van der Waals surface area contributed by atoms with Crippen molar-refractivity contribution < 1.29 is 0 Å². The maximum Gasteiger partial charge on any atom is 0.0320 e. The fraction of sp³-hybridized carbons (Fsp3) is 0. The lowest BCUT2D eigenvalue weighted by Crippen LogP contribution is -1.92. The summed E-state index contributed by atoms with van der Waals surface area (Å²) in [7, 11) is 0. The molecule has 4 nitrogen and oxygen atoms in total. The average molecular weight is 443 g/mol. The lowest BCUT2D eigenvalue weighted by molar-refractivity contribution is 1.55. The zero-order valence-electron chi connectivity index (χ0n) is 18.7. The number of anilines is 4. The smallest absolute Gasteiger partial charge is 0.0320 e. The SMILES string of the molecule is Nc1ccc(-c2ccc(N)cc2-c2ccc(-c3cc(N)ccc3-c3ccc(N)cc3)cc2)cc1. The molecule has 5 rings (SSSR count). The number of rotatable bonds is 4. The minimum Gasteiger partial charge on any atom is -0.399 e. The van der Waals surface area contributed by atoms with Crippen molar-refractivity contribution in [3.05, 3.63) is 109 Å². The number of benzene rings is 5. The highest BCUT2D eigenvalue weighted by molar-refractivity contribution is 5.89. The molecule has 0 spiro atoms. The van der Waals surface area contributed by atoms with E-state index in [0.29, 0.717) is 0 Å². The number of nitrogens with two attached hydrogens (primary N) is 4. The van der Waals surface area contributed by atoms with Gasteiger partial charge in [0.2, 0.25) is 0 Å². The van der Waals surface area contributed by atoms with Crippen LogP contribution in [0.4, 0.5) is 22.7 Å². The number of nitrogen functional groups attached to an aromatic ring is 4. The van der Waals surface area contributed by atoms with Crippen molar-refractivity contribution in [3.63, 3.8) is 0 Å². The zero-order valence-corrected chi connectivity index (χ0v) is 18.7. The van der Waals surface area contributed by atoms with E-state index in [4.69, 9.17) is 22.9 Å². The zero-order chi connectivity index (χ0) is 23.7. The van der Waals surface area contributed by atoms with E-state index in [1.807, 2.05) is 72.8 Å². The fourth-order valence-corrected chi connectivity index (χ4v) is 4.26. The largest absolute Gasteiger partial charge is 0.399 e. The third-order valence-corrected chi connectivity index (χ3v) is 6.04. The van der Waals surface area contributed by atoms with Gasteiger partial charge in [-0.05, 0) is 93.0 Å². The second-order valence-corrected chi connectivity index (χ2v) is 8.43. The molecule has 0 saturated heterocycles. The van der Waals surface area contributed by atoms with Gasteiger partial charge < -0.3 is 22.9 Å². The summed E-state index contributed by atoms with van der Waals surface area (Å²) in [5.74, 6) is 0. The van der Waals surface area contributed by atoms with Crippen molar-refractivity contribution in [2.45, 2.75) is 0 Å². The Labute approximate surface area is 199 Å². The van der Waals surface area contributed by atoms with Crippen molar-refractivity contribution in [2.24, 2.45) is 0 Å². The Kier molecular flexibility index (Phi) is 5.40. The summed E-state index contributed by atoms with van der Waals surface area (Å²) >= 11 is 0. The summed E-state index contributed by atoms with van der Waals surface area (Å²) in [4.78, 5) is 0. The normalized spacial score (nSPS) is 10.8. The monoisotopic (exact) mass is 442 g/mol. The summed E-state index contributed by atoms with van der Waals surface area (Å²) in [5, 5.41) is 0. The highest BCUT2D eigenvalue weighted by Crippen LogP contribution is 2.38. The standard InChI is InChI=1S/C30H26N4/c31-23-9-5-19(6-10-23)27-15-13-25(33)17-29(27)21-1-2-22(4-3-21)30-18-26(34)14-16-28(30)20-7-11-24(32)12-8-20/h1-18H,31-34H2. The maximum atomic E-state index is 6.16. The molecule has 0 fully saturated rings. The molecule has 166 valence electrons. The third-order valence-electron chi connectivity index (χ3n) is 6.04. The molecule has 0 aliphatic rings. The van der Waals surface area contributed by atoms with Crippen LogP contribution >= 0.6 is 0 Å². The molecule has 5 aromatic rings. The van der Waals surface area contributed by atoms with Gasteiger partial charge in [0.15, 0.2) is 0 Å². The van der Waals surface area contributed by atoms with Crippen molar-refractivity contribution >= 4 is 22.7 Å². The Balaban J connectivity index is 1.58. The molecular weight excluding hydrogens is 416 g/mol. The first kappa shape index (κ1) is 21.2. The van der Waals surface area contributed by atoms with Gasteiger partial charge in [-0.15, -0.1) is 0 Å².